The van der Waals surface area contributed by atoms with E-state index < -0.39 is 0 Å². The van der Waals surface area contributed by atoms with Crippen molar-refractivity contribution in [2.45, 2.75) is 39.2 Å². The largest absolute Gasteiger partial charge is 0.497 e. The van der Waals surface area contributed by atoms with Gasteiger partial charge in [-0.3, -0.25) is 4.79 Å². The van der Waals surface area contributed by atoms with E-state index in [1.807, 2.05) is 30.3 Å². The minimum absolute atomic E-state index is 0.126. The third-order valence-corrected chi connectivity index (χ3v) is 6.32. The molecule has 30 heavy (non-hydrogen) atoms. The molecule has 1 unspecified atom stereocenters. The molecule has 0 saturated heterocycles. The van der Waals surface area contributed by atoms with E-state index in [2.05, 4.69) is 19.1 Å². The van der Waals surface area contributed by atoms with Gasteiger partial charge in [0.2, 0.25) is 0 Å². The van der Waals surface area contributed by atoms with Crippen molar-refractivity contribution >= 4 is 17.3 Å². The first-order valence-corrected chi connectivity index (χ1v) is 10.9. The summed E-state index contributed by atoms with van der Waals surface area (Å²) in [6.45, 7) is 4.12. The molecule has 3 aromatic rings. The normalized spacial score (nSPS) is 15.0. The molecule has 0 N–H and O–H groups in total. The lowest BCUT2D eigenvalue weighted by atomic mass is 10.1. The van der Waals surface area contributed by atoms with E-state index in [0.29, 0.717) is 6.61 Å². The van der Waals surface area contributed by atoms with E-state index in [1.54, 1.807) is 18.4 Å². The molecule has 156 valence electrons. The van der Waals surface area contributed by atoms with Gasteiger partial charge in [0.15, 0.2) is 0 Å². The van der Waals surface area contributed by atoms with Crippen LogP contribution in [0.5, 0.6) is 11.5 Å². The monoisotopic (exact) mass is 423 g/mol. The molecule has 0 aliphatic heterocycles. The predicted molar refractivity (Wildman–Crippen MR) is 117 cm³/mol. The first-order valence-electron chi connectivity index (χ1n) is 10.1. The number of carbonyl (C=O) groups excluding carboxylic acids is 1. The summed E-state index contributed by atoms with van der Waals surface area (Å²) in [6.07, 6.45) is 2.36. The number of aryl methyl sites for hydroxylation is 2. The Morgan fingerprint density at radius 2 is 2.07 bits per heavy atom. The Bertz CT molecular complexity index is 1060. The molecule has 4 rings (SSSR count). The van der Waals surface area contributed by atoms with Crippen LogP contribution in [-0.2, 0) is 22.4 Å². The SMILES string of the molecule is COc1cccc(-c2nc(CCOc3ccc4c(c3)CCC4OC(C)=O)c(C)s2)c1. The minimum Gasteiger partial charge on any atom is -0.497 e. The number of thiazole rings is 1. The molecule has 1 atom stereocenters. The Balaban J connectivity index is 1.38. The number of aromatic nitrogens is 1. The van der Waals surface area contributed by atoms with Crippen molar-refractivity contribution in [1.82, 2.24) is 4.98 Å². The zero-order valence-electron chi connectivity index (χ0n) is 17.4. The summed E-state index contributed by atoms with van der Waals surface area (Å²) in [5.41, 5.74) is 4.42. The second kappa shape index (κ2) is 8.88. The Morgan fingerprint density at radius 1 is 1.20 bits per heavy atom. The van der Waals surface area contributed by atoms with Crippen LogP contribution < -0.4 is 9.47 Å². The van der Waals surface area contributed by atoms with E-state index in [-0.39, 0.29) is 12.1 Å². The average molecular weight is 424 g/mol. The highest BCUT2D eigenvalue weighted by molar-refractivity contribution is 7.15. The van der Waals surface area contributed by atoms with Gasteiger partial charge in [-0.25, -0.2) is 4.98 Å². The molecule has 1 aliphatic rings. The molecule has 1 aliphatic carbocycles. The number of methoxy groups -OCH3 is 1. The first kappa shape index (κ1) is 20.4. The van der Waals surface area contributed by atoms with Gasteiger partial charge in [-0.2, -0.15) is 0 Å². The van der Waals surface area contributed by atoms with Gasteiger partial charge in [-0.1, -0.05) is 18.2 Å². The molecular formula is C24H25NO4S. The van der Waals surface area contributed by atoms with Gasteiger partial charge in [0.1, 0.15) is 22.6 Å². The van der Waals surface area contributed by atoms with Crippen molar-refractivity contribution in [3.8, 4) is 22.1 Å². The van der Waals surface area contributed by atoms with Gasteiger partial charge >= 0.3 is 5.97 Å². The van der Waals surface area contributed by atoms with E-state index in [0.717, 1.165) is 52.6 Å². The number of rotatable bonds is 7. The summed E-state index contributed by atoms with van der Waals surface area (Å²) in [5.74, 6) is 1.44. The number of ether oxygens (including phenoxy) is 3. The molecule has 5 nitrogen and oxygen atoms in total. The molecule has 0 radical (unpaired) electrons. The fraction of sp³-hybridized carbons (Fsp3) is 0.333. The van der Waals surface area contributed by atoms with E-state index in [9.17, 15) is 4.79 Å². The Kier molecular flexibility index (Phi) is 6.04. The smallest absolute Gasteiger partial charge is 0.303 e. The number of carbonyl (C=O) groups is 1. The van der Waals surface area contributed by atoms with Gasteiger partial charge in [0.25, 0.3) is 0 Å². The number of fused-ring (bicyclic) bond motifs is 1. The first-order chi connectivity index (χ1) is 14.5. The average Bonchev–Trinajstić information content (AvgIpc) is 3.31. The lowest BCUT2D eigenvalue weighted by Gasteiger charge is -2.12. The summed E-state index contributed by atoms with van der Waals surface area (Å²) >= 11 is 1.69. The van der Waals surface area contributed by atoms with Gasteiger partial charge in [0, 0.05) is 23.8 Å². The van der Waals surface area contributed by atoms with Crippen LogP contribution in [-0.4, -0.2) is 24.7 Å². The van der Waals surface area contributed by atoms with Crippen molar-refractivity contribution in [2.24, 2.45) is 0 Å². The molecule has 6 heteroatoms. The lowest BCUT2D eigenvalue weighted by molar-refractivity contribution is -0.146. The zero-order chi connectivity index (χ0) is 21.1. The molecule has 0 saturated carbocycles. The standard InChI is InChI=1S/C24H25NO4S/c1-15-22(25-24(30-15)18-5-4-6-19(14-18)27-3)11-12-28-20-8-9-21-17(13-20)7-10-23(21)29-16(2)26/h4-6,8-9,13-14,23H,7,10-12H2,1-3H3. The van der Waals surface area contributed by atoms with Gasteiger partial charge in [-0.15, -0.1) is 11.3 Å². The molecule has 1 heterocycles. The topological polar surface area (TPSA) is 57.6 Å². The Labute approximate surface area is 180 Å². The van der Waals surface area contributed by atoms with Crippen LogP contribution in [0.4, 0.5) is 0 Å². The van der Waals surface area contributed by atoms with Gasteiger partial charge in [0.05, 0.1) is 19.4 Å². The van der Waals surface area contributed by atoms with E-state index >= 15 is 0 Å². The zero-order valence-corrected chi connectivity index (χ0v) is 18.3. The molecule has 0 fully saturated rings. The highest BCUT2D eigenvalue weighted by Gasteiger charge is 2.25. The third-order valence-electron chi connectivity index (χ3n) is 5.26. The van der Waals surface area contributed by atoms with Crippen LogP contribution in [0.2, 0.25) is 0 Å². The Morgan fingerprint density at radius 3 is 2.87 bits per heavy atom. The molecule has 0 bridgehead atoms. The summed E-state index contributed by atoms with van der Waals surface area (Å²) < 4.78 is 16.7. The second-order valence-corrected chi connectivity index (χ2v) is 8.55. The van der Waals surface area contributed by atoms with Crippen molar-refractivity contribution in [3.63, 3.8) is 0 Å². The maximum absolute atomic E-state index is 11.2. The van der Waals surface area contributed by atoms with Crippen molar-refractivity contribution in [1.29, 1.82) is 0 Å². The van der Waals surface area contributed by atoms with E-state index in [4.69, 9.17) is 19.2 Å². The van der Waals surface area contributed by atoms with Gasteiger partial charge < -0.3 is 14.2 Å². The quantitative estimate of drug-likeness (QED) is 0.483. The summed E-state index contributed by atoms with van der Waals surface area (Å²) in [6, 6.07) is 14.0. The number of hydrogen-bond donors (Lipinski definition) is 0. The number of nitrogens with zero attached hydrogens (tertiary/aromatic N) is 1. The molecule has 2 aromatic carbocycles. The van der Waals surface area contributed by atoms with Crippen LogP contribution in [0.3, 0.4) is 0 Å². The second-order valence-electron chi connectivity index (χ2n) is 7.35. The van der Waals surface area contributed by atoms with Crippen molar-refractivity contribution < 1.29 is 19.0 Å². The number of hydrogen-bond acceptors (Lipinski definition) is 6. The molecule has 0 spiro atoms. The van der Waals surface area contributed by atoms with Crippen molar-refractivity contribution in [3.05, 3.63) is 64.2 Å². The summed E-state index contributed by atoms with van der Waals surface area (Å²) in [7, 11) is 1.67. The fourth-order valence-corrected chi connectivity index (χ4v) is 4.73. The fourth-order valence-electron chi connectivity index (χ4n) is 3.77. The highest BCUT2D eigenvalue weighted by atomic mass is 32.1. The third kappa shape index (κ3) is 4.49. The maximum Gasteiger partial charge on any atom is 0.303 e. The lowest BCUT2D eigenvalue weighted by Crippen LogP contribution is -2.05. The highest BCUT2D eigenvalue weighted by Crippen LogP contribution is 2.36. The predicted octanol–water partition coefficient (Wildman–Crippen LogP) is 5.30. The van der Waals surface area contributed by atoms with Gasteiger partial charge in [-0.05, 0) is 55.2 Å². The summed E-state index contributed by atoms with van der Waals surface area (Å²) in [5, 5.41) is 0.996. The molecule has 1 aromatic heterocycles. The number of benzene rings is 2. The van der Waals surface area contributed by atoms with E-state index in [1.165, 1.54) is 17.4 Å². The van der Waals surface area contributed by atoms with Crippen LogP contribution in [0.15, 0.2) is 42.5 Å². The van der Waals surface area contributed by atoms with Crippen LogP contribution in [0.25, 0.3) is 10.6 Å². The molecular weight excluding hydrogens is 398 g/mol. The number of esters is 1. The Hall–Kier alpha value is -2.86. The van der Waals surface area contributed by atoms with Crippen LogP contribution in [0.1, 0.15) is 41.1 Å². The van der Waals surface area contributed by atoms with Crippen molar-refractivity contribution in [2.75, 3.05) is 13.7 Å². The van der Waals surface area contributed by atoms with Crippen LogP contribution >= 0.6 is 11.3 Å². The maximum atomic E-state index is 11.2. The summed E-state index contributed by atoms with van der Waals surface area (Å²) in [4.78, 5) is 17.3. The molecule has 0 amide bonds. The van der Waals surface area contributed by atoms with Crippen LogP contribution in [0, 0.1) is 6.92 Å². The minimum atomic E-state index is -0.236.